The summed E-state index contributed by atoms with van der Waals surface area (Å²) in [6.45, 7) is 6.49. The first kappa shape index (κ1) is 19.7. The van der Waals surface area contributed by atoms with Crippen LogP contribution >= 0.6 is 0 Å². The van der Waals surface area contributed by atoms with Gasteiger partial charge in [0.1, 0.15) is 18.0 Å². The minimum absolute atomic E-state index is 0.104. The lowest BCUT2D eigenvalue weighted by atomic mass is 9.64. The summed E-state index contributed by atoms with van der Waals surface area (Å²) in [6.07, 6.45) is 3.32. The summed E-state index contributed by atoms with van der Waals surface area (Å²) in [7, 11) is 0. The molecule has 2 fully saturated rings. The molecule has 0 radical (unpaired) electrons. The molecule has 0 spiro atoms. The molecule has 1 saturated carbocycles. The molecule has 1 saturated heterocycles. The van der Waals surface area contributed by atoms with Crippen molar-refractivity contribution in [2.45, 2.75) is 44.1 Å². The number of halogens is 2. The van der Waals surface area contributed by atoms with Gasteiger partial charge in [-0.15, -0.1) is 0 Å². The number of hydrogen-bond donors (Lipinski definition) is 1. The molecule has 1 aliphatic heterocycles. The second kappa shape index (κ2) is 6.78. The number of morpholine rings is 1. The van der Waals surface area contributed by atoms with Gasteiger partial charge >= 0.3 is 0 Å². The van der Waals surface area contributed by atoms with Gasteiger partial charge in [0.25, 0.3) is 0 Å². The Morgan fingerprint density at radius 2 is 2.00 bits per heavy atom. The Kier molecular flexibility index (Phi) is 4.18. The highest BCUT2D eigenvalue weighted by atomic mass is 19.1. The Balaban J connectivity index is 1.44. The zero-order valence-electron chi connectivity index (χ0n) is 18.0. The fourth-order valence-corrected chi connectivity index (χ4v) is 6.44. The van der Waals surface area contributed by atoms with E-state index >= 15 is 0 Å². The molecule has 0 unspecified atom stereocenters. The number of hydrogen-bond acceptors (Lipinski definition) is 6. The molecule has 3 heterocycles. The van der Waals surface area contributed by atoms with Crippen LogP contribution in [0.3, 0.4) is 0 Å². The second-order valence-electron chi connectivity index (χ2n) is 9.53. The van der Waals surface area contributed by atoms with Crippen LogP contribution in [0.25, 0.3) is 11.3 Å². The quantitative estimate of drug-likeness (QED) is 0.673. The Hall–Kier alpha value is -2.94. The van der Waals surface area contributed by atoms with E-state index in [4.69, 9.17) is 4.74 Å². The number of H-pyrrole nitrogens is 1. The van der Waals surface area contributed by atoms with Crippen LogP contribution in [-0.2, 0) is 10.2 Å². The van der Waals surface area contributed by atoms with E-state index in [9.17, 15) is 8.78 Å². The lowest BCUT2D eigenvalue weighted by Crippen LogP contribution is -2.56. The first-order valence-electron chi connectivity index (χ1n) is 11.0. The van der Waals surface area contributed by atoms with E-state index in [0.29, 0.717) is 13.2 Å². The summed E-state index contributed by atoms with van der Waals surface area (Å²) in [6, 6.07) is 5.70. The van der Waals surface area contributed by atoms with Crippen molar-refractivity contribution in [3.8, 4) is 11.3 Å². The van der Waals surface area contributed by atoms with Gasteiger partial charge in [-0.3, -0.25) is 0 Å². The highest BCUT2D eigenvalue weighted by molar-refractivity contribution is 5.63. The molecule has 2 aliphatic carbocycles. The van der Waals surface area contributed by atoms with E-state index in [1.165, 1.54) is 24.5 Å². The van der Waals surface area contributed by atoms with E-state index in [2.05, 4.69) is 44.1 Å². The van der Waals surface area contributed by atoms with Gasteiger partial charge in [0.2, 0.25) is 5.95 Å². The van der Waals surface area contributed by atoms with Crippen LogP contribution in [0.1, 0.15) is 43.9 Å². The number of rotatable bonds is 3. The van der Waals surface area contributed by atoms with Crippen LogP contribution < -0.4 is 4.90 Å². The number of fused-ring (bicyclic) bond motifs is 5. The smallest absolute Gasteiger partial charge is 0.221 e. The van der Waals surface area contributed by atoms with Crippen LogP contribution in [0.15, 0.2) is 30.6 Å². The number of aromatic amines is 1. The maximum absolute atomic E-state index is 14.4. The van der Waals surface area contributed by atoms with Gasteiger partial charge in [0, 0.05) is 18.5 Å². The van der Waals surface area contributed by atoms with Crippen molar-refractivity contribution in [3.63, 3.8) is 0 Å². The summed E-state index contributed by atoms with van der Waals surface area (Å²) in [5.74, 6) is -0.299. The highest BCUT2D eigenvalue weighted by Gasteiger charge is 2.67. The molecule has 1 aromatic carbocycles. The molecule has 2 bridgehead atoms. The lowest BCUT2D eigenvalue weighted by molar-refractivity contribution is -0.0469. The second-order valence-corrected chi connectivity index (χ2v) is 9.53. The zero-order valence-corrected chi connectivity index (χ0v) is 18.0. The summed E-state index contributed by atoms with van der Waals surface area (Å²) in [5, 5.41) is 15.8. The summed E-state index contributed by atoms with van der Waals surface area (Å²) < 4.78 is 35.2. The third-order valence-electron chi connectivity index (χ3n) is 8.01. The van der Waals surface area contributed by atoms with E-state index < -0.39 is 11.6 Å². The minimum Gasteiger partial charge on any atom is -0.374 e. The van der Waals surface area contributed by atoms with Crippen molar-refractivity contribution in [3.05, 3.63) is 53.5 Å². The van der Waals surface area contributed by atoms with Crippen molar-refractivity contribution in [2.24, 2.45) is 5.41 Å². The van der Waals surface area contributed by atoms with E-state index in [0.717, 1.165) is 36.6 Å². The van der Waals surface area contributed by atoms with Crippen LogP contribution in [0.5, 0.6) is 0 Å². The van der Waals surface area contributed by atoms with Crippen molar-refractivity contribution in [1.29, 1.82) is 0 Å². The Morgan fingerprint density at radius 3 is 2.75 bits per heavy atom. The van der Waals surface area contributed by atoms with Gasteiger partial charge < -0.3 is 9.64 Å². The molecular formula is C23H24F2N6O. The molecule has 3 aromatic rings. The third kappa shape index (κ3) is 2.48. The third-order valence-corrected chi connectivity index (χ3v) is 8.01. The Labute approximate surface area is 184 Å². The fourth-order valence-electron chi connectivity index (χ4n) is 6.44. The number of ether oxygens (including phenoxy) is 1. The zero-order chi connectivity index (χ0) is 22.1. The summed E-state index contributed by atoms with van der Waals surface area (Å²) in [5.41, 5.74) is 1.60. The standard InChI is InChI=1S/C23H24F2N6O/c1-22(2)14-6-7-23(22,18-11-31(8-9-32-18)21-26-12-27-30-21)20-13(14)10-17(28-29-20)19-15(24)4-3-5-16(19)25/h3-5,10,12,14,18H,6-9,11H2,1-2H3,(H,26,27,30)/t14-,18+,23-/m0/s1. The van der Waals surface area contributed by atoms with Crippen LogP contribution in [0, 0.1) is 17.0 Å². The number of aromatic nitrogens is 5. The topological polar surface area (TPSA) is 79.8 Å². The normalized spacial score (nSPS) is 28.2. The molecular weight excluding hydrogens is 414 g/mol. The fraction of sp³-hybridized carbons (Fsp3) is 0.478. The molecule has 2 aromatic heterocycles. The van der Waals surface area contributed by atoms with Crippen molar-refractivity contribution >= 4 is 5.95 Å². The molecule has 0 amide bonds. The van der Waals surface area contributed by atoms with Crippen molar-refractivity contribution in [1.82, 2.24) is 25.4 Å². The van der Waals surface area contributed by atoms with Gasteiger partial charge in [0.15, 0.2) is 0 Å². The highest BCUT2D eigenvalue weighted by Crippen LogP contribution is 2.69. The number of benzene rings is 1. The summed E-state index contributed by atoms with van der Waals surface area (Å²) in [4.78, 5) is 6.47. The van der Waals surface area contributed by atoms with Crippen molar-refractivity contribution in [2.75, 3.05) is 24.6 Å². The monoisotopic (exact) mass is 438 g/mol. The molecule has 32 heavy (non-hydrogen) atoms. The van der Waals surface area contributed by atoms with Crippen LogP contribution in [-0.4, -0.2) is 51.2 Å². The maximum atomic E-state index is 14.4. The van der Waals surface area contributed by atoms with E-state index in [1.807, 2.05) is 6.07 Å². The molecule has 3 aliphatic rings. The average Bonchev–Trinajstić information content (AvgIpc) is 3.45. The van der Waals surface area contributed by atoms with Gasteiger partial charge in [0.05, 0.1) is 29.7 Å². The van der Waals surface area contributed by atoms with E-state index in [1.54, 1.807) is 0 Å². The van der Waals surface area contributed by atoms with Gasteiger partial charge in [-0.1, -0.05) is 19.9 Å². The van der Waals surface area contributed by atoms with Crippen LogP contribution in [0.4, 0.5) is 14.7 Å². The largest absolute Gasteiger partial charge is 0.374 e. The minimum atomic E-state index is -0.630. The molecule has 3 atom stereocenters. The Morgan fingerprint density at radius 1 is 1.19 bits per heavy atom. The number of nitrogens with one attached hydrogen (secondary N) is 1. The lowest BCUT2D eigenvalue weighted by Gasteiger charge is -2.47. The van der Waals surface area contributed by atoms with Gasteiger partial charge in [-0.25, -0.2) is 13.9 Å². The first-order chi connectivity index (χ1) is 15.4. The average molecular weight is 438 g/mol. The molecule has 7 nitrogen and oxygen atoms in total. The number of nitrogens with zero attached hydrogens (tertiary/aromatic N) is 5. The van der Waals surface area contributed by atoms with Crippen molar-refractivity contribution < 1.29 is 13.5 Å². The van der Waals surface area contributed by atoms with Crippen LogP contribution in [0.2, 0.25) is 0 Å². The predicted octanol–water partition coefficient (Wildman–Crippen LogP) is 3.60. The molecule has 1 N–H and O–H groups in total. The summed E-state index contributed by atoms with van der Waals surface area (Å²) >= 11 is 0. The van der Waals surface area contributed by atoms with Gasteiger partial charge in [-0.2, -0.15) is 20.3 Å². The SMILES string of the molecule is CC1(C)[C@H]2CC[C@]1([C@H]1CN(c3ncn[nH]3)CCO1)c1nnc(-c3c(F)cccc3F)cc12. The predicted molar refractivity (Wildman–Crippen MR) is 113 cm³/mol. The molecule has 6 rings (SSSR count). The Bertz CT molecular complexity index is 1160. The molecule has 9 heteroatoms. The number of anilines is 1. The van der Waals surface area contributed by atoms with Gasteiger partial charge in [-0.05, 0) is 47.9 Å². The van der Waals surface area contributed by atoms with E-state index in [-0.39, 0.29) is 34.1 Å². The first-order valence-corrected chi connectivity index (χ1v) is 11.0. The molecule has 166 valence electrons. The maximum Gasteiger partial charge on any atom is 0.221 e.